The van der Waals surface area contributed by atoms with E-state index in [-0.39, 0.29) is 17.9 Å². The Bertz CT molecular complexity index is 169. The molecule has 0 amide bonds. The van der Waals surface area contributed by atoms with E-state index in [2.05, 4.69) is 5.32 Å². The average Bonchev–Trinajstić information content (AvgIpc) is 1.92. The summed E-state index contributed by atoms with van der Waals surface area (Å²) in [6, 6.07) is 0. The van der Waals surface area contributed by atoms with Crippen LogP contribution in [0.3, 0.4) is 0 Å². The van der Waals surface area contributed by atoms with E-state index in [9.17, 15) is 9.32 Å². The van der Waals surface area contributed by atoms with Crippen LogP contribution >= 0.6 is 0 Å². The first-order valence-corrected chi connectivity index (χ1v) is 5.50. The van der Waals surface area contributed by atoms with Crippen LogP contribution in [-0.4, -0.2) is 40.0 Å². The molecule has 2 aliphatic rings. The van der Waals surface area contributed by atoms with Crippen LogP contribution in [0.2, 0.25) is 0 Å². The van der Waals surface area contributed by atoms with Crippen LogP contribution in [0, 0.1) is 11.8 Å². The second-order valence-electron chi connectivity index (χ2n) is 3.44. The van der Waals surface area contributed by atoms with Crippen LogP contribution in [0.5, 0.6) is 0 Å². The molecule has 2 rings (SSSR count). The molecular formula is C7H13NO2S. The van der Waals surface area contributed by atoms with Gasteiger partial charge in [0.25, 0.3) is 0 Å². The molecule has 0 radical (unpaired) electrons. The maximum absolute atomic E-state index is 11.2. The molecule has 2 saturated heterocycles. The third-order valence-electron chi connectivity index (χ3n) is 2.58. The highest BCUT2D eigenvalue weighted by molar-refractivity contribution is 7.85. The fourth-order valence-corrected chi connectivity index (χ4v) is 3.66. The third-order valence-corrected chi connectivity index (χ3v) is 4.18. The van der Waals surface area contributed by atoms with Gasteiger partial charge in [-0.05, 0) is 0 Å². The zero-order valence-electron chi connectivity index (χ0n) is 6.32. The predicted octanol–water partition coefficient (Wildman–Crippen LogP) is -1.05. The highest BCUT2D eigenvalue weighted by atomic mass is 32.2. The van der Waals surface area contributed by atoms with E-state index >= 15 is 0 Å². The monoisotopic (exact) mass is 175 g/mol. The lowest BCUT2D eigenvalue weighted by Gasteiger charge is -2.39. The number of hydrogen-bond acceptors (Lipinski definition) is 3. The van der Waals surface area contributed by atoms with Crippen LogP contribution in [0.4, 0.5) is 0 Å². The van der Waals surface area contributed by atoms with Gasteiger partial charge in [0, 0.05) is 47.2 Å². The Hall–Kier alpha value is 0.0700. The van der Waals surface area contributed by atoms with E-state index < -0.39 is 10.8 Å². The quantitative estimate of drug-likeness (QED) is 0.494. The Morgan fingerprint density at radius 1 is 1.27 bits per heavy atom. The van der Waals surface area contributed by atoms with Crippen LogP contribution in [-0.2, 0) is 10.8 Å². The Morgan fingerprint density at radius 2 is 1.82 bits per heavy atom. The van der Waals surface area contributed by atoms with Gasteiger partial charge < -0.3 is 10.4 Å². The lowest BCUT2D eigenvalue weighted by Crippen LogP contribution is -2.54. The molecule has 0 spiro atoms. The molecule has 2 N–H and O–H groups in total. The van der Waals surface area contributed by atoms with Crippen molar-refractivity contribution in [2.24, 2.45) is 11.8 Å². The van der Waals surface area contributed by atoms with Crippen LogP contribution < -0.4 is 5.32 Å². The van der Waals surface area contributed by atoms with Crippen LogP contribution in [0.15, 0.2) is 0 Å². The van der Waals surface area contributed by atoms with Crippen molar-refractivity contribution in [3.63, 3.8) is 0 Å². The Kier molecular flexibility index (Phi) is 1.99. The summed E-state index contributed by atoms with van der Waals surface area (Å²) in [6.45, 7) is 1.67. The van der Waals surface area contributed by atoms with Crippen LogP contribution in [0.25, 0.3) is 0 Å². The topological polar surface area (TPSA) is 49.3 Å². The van der Waals surface area contributed by atoms with Gasteiger partial charge in [0.1, 0.15) is 0 Å². The molecular weight excluding hydrogens is 162 g/mol. The van der Waals surface area contributed by atoms with Crippen molar-refractivity contribution in [2.45, 2.75) is 6.10 Å². The van der Waals surface area contributed by atoms with Crippen molar-refractivity contribution in [3.8, 4) is 0 Å². The highest BCUT2D eigenvalue weighted by Crippen LogP contribution is 2.24. The lowest BCUT2D eigenvalue weighted by molar-refractivity contribution is 0.0414. The largest absolute Gasteiger partial charge is 0.392 e. The van der Waals surface area contributed by atoms with E-state index in [0.717, 1.165) is 13.1 Å². The van der Waals surface area contributed by atoms with E-state index in [1.165, 1.54) is 0 Å². The fraction of sp³-hybridized carbons (Fsp3) is 1.00. The maximum Gasteiger partial charge on any atom is 0.0638 e. The third kappa shape index (κ3) is 1.35. The number of fused-ring (bicyclic) bond motifs is 2. The molecule has 4 heteroatoms. The molecule has 2 heterocycles. The molecule has 11 heavy (non-hydrogen) atoms. The summed E-state index contributed by atoms with van der Waals surface area (Å²) in [7, 11) is -0.670. The van der Waals surface area contributed by atoms with Crippen molar-refractivity contribution in [1.29, 1.82) is 0 Å². The molecule has 2 atom stereocenters. The van der Waals surface area contributed by atoms with Gasteiger partial charge in [0.05, 0.1) is 6.10 Å². The minimum Gasteiger partial charge on any atom is -0.392 e. The van der Waals surface area contributed by atoms with Gasteiger partial charge >= 0.3 is 0 Å². The Labute approximate surface area is 68.6 Å². The summed E-state index contributed by atoms with van der Waals surface area (Å²) >= 11 is 0. The van der Waals surface area contributed by atoms with Gasteiger partial charge in [-0.3, -0.25) is 4.21 Å². The van der Waals surface area contributed by atoms with Gasteiger partial charge in [-0.15, -0.1) is 0 Å². The molecule has 3 nitrogen and oxygen atoms in total. The normalized spacial score (nSPS) is 50.6. The average molecular weight is 175 g/mol. The molecule has 0 aromatic heterocycles. The Morgan fingerprint density at radius 3 is 2.36 bits per heavy atom. The fourth-order valence-electron chi connectivity index (χ4n) is 1.94. The molecule has 0 aromatic rings. The second-order valence-corrected chi connectivity index (χ2v) is 4.99. The van der Waals surface area contributed by atoms with Gasteiger partial charge in [-0.2, -0.15) is 0 Å². The SMILES string of the molecule is O=S1CC2CNCC(C1)C2O. The van der Waals surface area contributed by atoms with Gasteiger partial charge in [0.15, 0.2) is 0 Å². The van der Waals surface area contributed by atoms with Gasteiger partial charge in [-0.25, -0.2) is 0 Å². The summed E-state index contributed by atoms with van der Waals surface area (Å²) < 4.78 is 11.2. The molecule has 2 unspecified atom stereocenters. The summed E-state index contributed by atoms with van der Waals surface area (Å²) in [5.41, 5.74) is 0. The standard InChI is InChI=1S/C7H13NO2S/c9-7-5-1-8-2-6(7)4-11(10)3-5/h5-9H,1-4H2. The molecule has 2 bridgehead atoms. The first-order valence-electron chi connectivity index (χ1n) is 4.01. The molecule has 2 aliphatic heterocycles. The predicted molar refractivity (Wildman–Crippen MR) is 43.7 cm³/mol. The number of rotatable bonds is 0. The van der Waals surface area contributed by atoms with E-state index in [1.807, 2.05) is 0 Å². The second kappa shape index (κ2) is 2.84. The molecule has 0 saturated carbocycles. The van der Waals surface area contributed by atoms with E-state index in [4.69, 9.17) is 0 Å². The highest BCUT2D eigenvalue weighted by Gasteiger charge is 2.37. The molecule has 64 valence electrons. The van der Waals surface area contributed by atoms with Crippen molar-refractivity contribution in [3.05, 3.63) is 0 Å². The number of aliphatic hydroxyl groups is 1. The van der Waals surface area contributed by atoms with Crippen molar-refractivity contribution < 1.29 is 9.32 Å². The van der Waals surface area contributed by atoms with Crippen molar-refractivity contribution >= 4 is 10.8 Å². The molecule has 0 aromatic carbocycles. The summed E-state index contributed by atoms with van der Waals surface area (Å²) in [5.74, 6) is 1.85. The number of aliphatic hydroxyl groups excluding tert-OH is 1. The van der Waals surface area contributed by atoms with E-state index in [0.29, 0.717) is 11.5 Å². The number of hydrogen-bond donors (Lipinski definition) is 2. The van der Waals surface area contributed by atoms with Gasteiger partial charge in [0.2, 0.25) is 0 Å². The number of piperidine rings is 1. The lowest BCUT2D eigenvalue weighted by atomic mass is 9.89. The van der Waals surface area contributed by atoms with Crippen molar-refractivity contribution in [1.82, 2.24) is 5.32 Å². The van der Waals surface area contributed by atoms with Crippen molar-refractivity contribution in [2.75, 3.05) is 24.6 Å². The smallest absolute Gasteiger partial charge is 0.0638 e. The molecule has 0 aliphatic carbocycles. The Balaban J connectivity index is 2.12. The first-order chi connectivity index (χ1) is 5.27. The summed E-state index contributed by atoms with van der Waals surface area (Å²) in [6.07, 6.45) is -0.200. The summed E-state index contributed by atoms with van der Waals surface area (Å²) in [4.78, 5) is 0. The molecule has 2 fully saturated rings. The van der Waals surface area contributed by atoms with Crippen LogP contribution in [0.1, 0.15) is 0 Å². The minimum absolute atomic E-state index is 0.200. The minimum atomic E-state index is -0.670. The maximum atomic E-state index is 11.2. The zero-order chi connectivity index (χ0) is 7.84. The zero-order valence-corrected chi connectivity index (χ0v) is 7.14. The number of nitrogens with one attached hydrogen (secondary N) is 1. The summed E-state index contributed by atoms with van der Waals surface area (Å²) in [5, 5.41) is 12.9. The van der Waals surface area contributed by atoms with Gasteiger partial charge in [-0.1, -0.05) is 0 Å². The first kappa shape index (κ1) is 7.71. The van der Waals surface area contributed by atoms with E-state index in [1.54, 1.807) is 0 Å².